The van der Waals surface area contributed by atoms with Crippen LogP contribution in [-0.2, 0) is 11.2 Å². The van der Waals surface area contributed by atoms with Gasteiger partial charge in [0, 0.05) is 29.9 Å². The predicted octanol–water partition coefficient (Wildman–Crippen LogP) is 6.01. The number of carbonyl (C=O) groups excluding carboxylic acids is 1. The number of fused-ring (bicyclic) bond motifs is 1. The minimum absolute atomic E-state index is 0.250. The number of Topliss-reactive ketones (excluding diaryl/α,β-unsaturated/α-hetero) is 1. The van der Waals surface area contributed by atoms with Crippen LogP contribution in [0.25, 0.3) is 31.8 Å². The van der Waals surface area contributed by atoms with Gasteiger partial charge in [0.25, 0.3) is 0 Å². The minimum atomic E-state index is 0.250. The SMILES string of the molecule is CCCC(=O)Cc1nc2cc(-c3cccnc3)cc(-c3sc(C)nc3C)c2s1. The van der Waals surface area contributed by atoms with E-state index in [9.17, 15) is 4.79 Å². The highest BCUT2D eigenvalue weighted by Gasteiger charge is 2.17. The lowest BCUT2D eigenvalue weighted by Gasteiger charge is -2.06. The van der Waals surface area contributed by atoms with Crippen molar-refractivity contribution >= 4 is 38.7 Å². The summed E-state index contributed by atoms with van der Waals surface area (Å²) in [5.41, 5.74) is 5.25. The summed E-state index contributed by atoms with van der Waals surface area (Å²) in [6.45, 7) is 6.11. The number of rotatable bonds is 6. The van der Waals surface area contributed by atoms with Gasteiger partial charge >= 0.3 is 0 Å². The predicted molar refractivity (Wildman–Crippen MR) is 117 cm³/mol. The number of aromatic nitrogens is 3. The zero-order valence-corrected chi connectivity index (χ0v) is 17.8. The number of ketones is 1. The first-order chi connectivity index (χ1) is 13.5. The molecule has 3 aromatic heterocycles. The lowest BCUT2D eigenvalue weighted by atomic mass is 10.0. The molecule has 4 rings (SSSR count). The molecule has 4 nitrogen and oxygen atoms in total. The fourth-order valence-electron chi connectivity index (χ4n) is 3.34. The summed E-state index contributed by atoms with van der Waals surface area (Å²) in [4.78, 5) is 27.0. The van der Waals surface area contributed by atoms with Crippen molar-refractivity contribution in [2.75, 3.05) is 0 Å². The zero-order chi connectivity index (χ0) is 19.7. The van der Waals surface area contributed by atoms with Crippen LogP contribution in [0, 0.1) is 13.8 Å². The summed E-state index contributed by atoms with van der Waals surface area (Å²) in [7, 11) is 0. The van der Waals surface area contributed by atoms with Gasteiger partial charge in [0.05, 0.1) is 32.2 Å². The van der Waals surface area contributed by atoms with Crippen LogP contribution >= 0.6 is 22.7 Å². The third-order valence-electron chi connectivity index (χ3n) is 4.55. The standard InChI is InChI=1S/C22H21N3OS2/c1-4-6-17(26)11-20-25-19-10-16(15-7-5-8-23-12-15)9-18(22(19)28-20)21-13(2)24-14(3)27-21/h5,7-10,12H,4,6,11H2,1-3H3. The number of nitrogens with zero attached hydrogens (tertiary/aromatic N) is 3. The number of benzene rings is 1. The van der Waals surface area contributed by atoms with E-state index in [2.05, 4.69) is 28.2 Å². The Balaban J connectivity index is 1.89. The van der Waals surface area contributed by atoms with Gasteiger partial charge < -0.3 is 0 Å². The lowest BCUT2D eigenvalue weighted by Crippen LogP contribution is -2.00. The Labute approximate surface area is 172 Å². The molecule has 142 valence electrons. The highest BCUT2D eigenvalue weighted by molar-refractivity contribution is 7.20. The number of pyridine rings is 1. The summed E-state index contributed by atoms with van der Waals surface area (Å²) >= 11 is 3.33. The molecule has 4 aromatic rings. The third-order valence-corrected chi connectivity index (χ3v) is 6.77. The monoisotopic (exact) mass is 407 g/mol. The second-order valence-electron chi connectivity index (χ2n) is 6.83. The maximum absolute atomic E-state index is 12.1. The molecule has 28 heavy (non-hydrogen) atoms. The van der Waals surface area contributed by atoms with E-state index < -0.39 is 0 Å². The highest BCUT2D eigenvalue weighted by Crippen LogP contribution is 2.40. The van der Waals surface area contributed by atoms with Gasteiger partial charge in [0.15, 0.2) is 0 Å². The van der Waals surface area contributed by atoms with Crippen LogP contribution < -0.4 is 0 Å². The van der Waals surface area contributed by atoms with Crippen LogP contribution in [-0.4, -0.2) is 20.7 Å². The summed E-state index contributed by atoms with van der Waals surface area (Å²) in [6, 6.07) is 8.30. The van der Waals surface area contributed by atoms with E-state index in [0.29, 0.717) is 12.8 Å². The average molecular weight is 408 g/mol. The van der Waals surface area contributed by atoms with Crippen molar-refractivity contribution in [2.24, 2.45) is 0 Å². The molecule has 6 heteroatoms. The van der Waals surface area contributed by atoms with Crippen LogP contribution in [0.15, 0.2) is 36.7 Å². The molecule has 0 atom stereocenters. The number of hydrogen-bond donors (Lipinski definition) is 0. The van der Waals surface area contributed by atoms with Crippen LogP contribution in [0.3, 0.4) is 0 Å². The Morgan fingerprint density at radius 1 is 1.11 bits per heavy atom. The van der Waals surface area contributed by atoms with Crippen LogP contribution in [0.2, 0.25) is 0 Å². The van der Waals surface area contributed by atoms with E-state index in [1.165, 1.54) is 4.88 Å². The summed E-state index contributed by atoms with van der Waals surface area (Å²) in [6.07, 6.45) is 5.54. The maximum Gasteiger partial charge on any atom is 0.139 e. The van der Waals surface area contributed by atoms with E-state index >= 15 is 0 Å². The second-order valence-corrected chi connectivity index (χ2v) is 9.12. The van der Waals surface area contributed by atoms with Gasteiger partial charge in [-0.25, -0.2) is 9.97 Å². The number of carbonyl (C=O) groups is 1. The molecule has 0 saturated heterocycles. The largest absolute Gasteiger partial charge is 0.299 e. The molecule has 0 spiro atoms. The van der Waals surface area contributed by atoms with Gasteiger partial charge in [0.2, 0.25) is 0 Å². The average Bonchev–Trinajstić information content (AvgIpc) is 3.23. The van der Waals surface area contributed by atoms with E-state index in [1.54, 1.807) is 28.9 Å². The fourth-order valence-corrected chi connectivity index (χ4v) is 5.44. The molecule has 0 radical (unpaired) electrons. The van der Waals surface area contributed by atoms with Crippen molar-refractivity contribution in [3.05, 3.63) is 52.4 Å². The van der Waals surface area contributed by atoms with Gasteiger partial charge in [-0.15, -0.1) is 22.7 Å². The van der Waals surface area contributed by atoms with Crippen LogP contribution in [0.1, 0.15) is 35.5 Å². The second kappa shape index (κ2) is 7.89. The molecular formula is C22H21N3OS2. The molecular weight excluding hydrogens is 386 g/mol. The van der Waals surface area contributed by atoms with Crippen molar-refractivity contribution in [2.45, 2.75) is 40.0 Å². The first kappa shape index (κ1) is 18.9. The molecule has 0 aliphatic carbocycles. The van der Waals surface area contributed by atoms with Gasteiger partial charge in [-0.05, 0) is 44.0 Å². The van der Waals surface area contributed by atoms with E-state index in [0.717, 1.165) is 49.0 Å². The summed E-state index contributed by atoms with van der Waals surface area (Å²) in [5.74, 6) is 0.250. The van der Waals surface area contributed by atoms with Gasteiger partial charge in [-0.1, -0.05) is 13.0 Å². The van der Waals surface area contributed by atoms with Crippen molar-refractivity contribution in [1.29, 1.82) is 0 Å². The molecule has 0 saturated carbocycles. The number of thiazole rings is 2. The Morgan fingerprint density at radius 2 is 1.96 bits per heavy atom. The lowest BCUT2D eigenvalue weighted by molar-refractivity contribution is -0.118. The van der Waals surface area contributed by atoms with Gasteiger partial charge in [-0.2, -0.15) is 0 Å². The first-order valence-corrected chi connectivity index (χ1v) is 11.0. The molecule has 0 aliphatic heterocycles. The summed E-state index contributed by atoms with van der Waals surface area (Å²) in [5, 5.41) is 1.94. The molecule has 0 aliphatic rings. The van der Waals surface area contributed by atoms with E-state index in [-0.39, 0.29) is 5.78 Å². The normalized spacial score (nSPS) is 11.2. The maximum atomic E-state index is 12.1. The Bertz CT molecular complexity index is 1150. The van der Waals surface area contributed by atoms with Gasteiger partial charge in [0.1, 0.15) is 10.8 Å². The molecule has 3 heterocycles. The van der Waals surface area contributed by atoms with E-state index in [1.807, 2.05) is 33.0 Å². The topological polar surface area (TPSA) is 55.7 Å². The fraction of sp³-hybridized carbons (Fsp3) is 0.273. The number of aryl methyl sites for hydroxylation is 2. The van der Waals surface area contributed by atoms with Crippen LogP contribution in [0.5, 0.6) is 0 Å². The molecule has 0 unspecified atom stereocenters. The Hall–Kier alpha value is -2.44. The summed E-state index contributed by atoms with van der Waals surface area (Å²) < 4.78 is 1.12. The van der Waals surface area contributed by atoms with Crippen molar-refractivity contribution in [1.82, 2.24) is 15.0 Å². The zero-order valence-electron chi connectivity index (χ0n) is 16.2. The van der Waals surface area contributed by atoms with Crippen molar-refractivity contribution in [3.8, 4) is 21.6 Å². The minimum Gasteiger partial charge on any atom is -0.299 e. The highest BCUT2D eigenvalue weighted by atomic mass is 32.1. The Morgan fingerprint density at radius 3 is 2.64 bits per heavy atom. The molecule has 0 fully saturated rings. The molecule has 0 amide bonds. The third kappa shape index (κ3) is 3.75. The molecule has 0 N–H and O–H groups in total. The first-order valence-electron chi connectivity index (χ1n) is 9.35. The molecule has 0 bridgehead atoms. The van der Waals surface area contributed by atoms with Crippen molar-refractivity contribution < 1.29 is 4.79 Å². The quantitative estimate of drug-likeness (QED) is 0.393. The smallest absolute Gasteiger partial charge is 0.139 e. The molecule has 1 aromatic carbocycles. The van der Waals surface area contributed by atoms with Crippen molar-refractivity contribution in [3.63, 3.8) is 0 Å². The number of hydrogen-bond acceptors (Lipinski definition) is 6. The Kier molecular flexibility index (Phi) is 5.33. The van der Waals surface area contributed by atoms with Gasteiger partial charge in [-0.3, -0.25) is 9.78 Å². The van der Waals surface area contributed by atoms with Crippen LogP contribution in [0.4, 0.5) is 0 Å². The van der Waals surface area contributed by atoms with E-state index in [4.69, 9.17) is 4.98 Å².